The first-order valence-corrected chi connectivity index (χ1v) is 6.61. The summed E-state index contributed by atoms with van der Waals surface area (Å²) >= 11 is 5.92. The number of benzene rings is 1. The smallest absolute Gasteiger partial charge is 0.274 e. The molecule has 0 saturated carbocycles. The molecule has 0 bridgehead atoms. The Morgan fingerprint density at radius 2 is 2.30 bits per heavy atom. The normalized spacial score (nSPS) is 12.2. The molecule has 0 saturated heterocycles. The van der Waals surface area contributed by atoms with Gasteiger partial charge in [-0.3, -0.25) is 4.79 Å². The molecular weight excluding hydrogens is 280 g/mol. The van der Waals surface area contributed by atoms with Gasteiger partial charge < -0.3 is 15.1 Å². The van der Waals surface area contributed by atoms with E-state index in [0.717, 1.165) is 5.56 Å². The van der Waals surface area contributed by atoms with Gasteiger partial charge in [0.1, 0.15) is 0 Å². The van der Waals surface area contributed by atoms with E-state index < -0.39 is 0 Å². The molecule has 7 heteroatoms. The van der Waals surface area contributed by atoms with Crippen LogP contribution in [0, 0.1) is 0 Å². The van der Waals surface area contributed by atoms with Crippen molar-refractivity contribution in [2.45, 2.75) is 13.0 Å². The summed E-state index contributed by atoms with van der Waals surface area (Å²) in [4.78, 5) is 11.2. The van der Waals surface area contributed by atoms with Gasteiger partial charge >= 0.3 is 0 Å². The van der Waals surface area contributed by atoms with E-state index in [1.165, 1.54) is 0 Å². The minimum absolute atomic E-state index is 0.0496. The number of nitrogens with one attached hydrogen (secondary N) is 1. The van der Waals surface area contributed by atoms with E-state index in [2.05, 4.69) is 15.5 Å². The Balaban J connectivity index is 2.07. The number of hydrogen-bond donors (Lipinski definition) is 2. The van der Waals surface area contributed by atoms with Crippen molar-refractivity contribution in [3.05, 3.63) is 35.2 Å². The largest absolute Gasteiger partial charge is 0.415 e. The van der Waals surface area contributed by atoms with Crippen molar-refractivity contribution >= 4 is 17.5 Å². The fourth-order valence-electron chi connectivity index (χ4n) is 1.64. The predicted octanol–water partition coefficient (Wildman–Crippen LogP) is 0.760. The van der Waals surface area contributed by atoms with E-state index >= 15 is 0 Å². The molecule has 0 fully saturated rings. The third kappa shape index (κ3) is 3.55. The maximum absolute atomic E-state index is 11.2. The van der Waals surface area contributed by atoms with Gasteiger partial charge in [-0.15, -0.1) is 10.2 Å². The minimum Gasteiger partial charge on any atom is -0.415 e. The van der Waals surface area contributed by atoms with Crippen molar-refractivity contribution in [2.24, 2.45) is 0 Å². The number of amides is 1. The summed E-state index contributed by atoms with van der Waals surface area (Å²) in [6.07, 6.45) is 0. The first kappa shape index (κ1) is 14.5. The van der Waals surface area contributed by atoms with E-state index in [0.29, 0.717) is 23.3 Å². The number of nitrogens with two attached hydrogens (primary N) is 1. The molecule has 1 heterocycles. The number of nitrogens with zero attached hydrogens (tertiary/aromatic N) is 2. The number of likely N-dealkylation sites (N-methyl/N-ethyl adjacent to an activating group) is 1. The van der Waals surface area contributed by atoms with Crippen molar-refractivity contribution in [3.8, 4) is 11.5 Å². The molecule has 6 nitrogen and oxygen atoms in total. The molecule has 2 aromatic rings. The van der Waals surface area contributed by atoms with Crippen LogP contribution in [0.15, 0.2) is 28.7 Å². The van der Waals surface area contributed by atoms with Crippen LogP contribution in [0.3, 0.4) is 0 Å². The van der Waals surface area contributed by atoms with Crippen LogP contribution in [0.2, 0.25) is 5.02 Å². The summed E-state index contributed by atoms with van der Waals surface area (Å²) in [5, 5.41) is 13.0. The molecule has 106 valence electrons. The van der Waals surface area contributed by atoms with Gasteiger partial charge in [0.25, 0.3) is 11.8 Å². The van der Waals surface area contributed by atoms with Crippen molar-refractivity contribution < 1.29 is 14.5 Å². The number of quaternary nitrogens is 1. The first-order valence-electron chi connectivity index (χ1n) is 6.23. The van der Waals surface area contributed by atoms with Crippen molar-refractivity contribution in [2.75, 3.05) is 13.6 Å². The van der Waals surface area contributed by atoms with Crippen LogP contribution in [-0.4, -0.2) is 29.7 Å². The molecule has 0 unspecified atom stereocenters. The monoisotopic (exact) mass is 295 g/mol. The zero-order valence-corrected chi connectivity index (χ0v) is 12.0. The SMILES string of the molecule is CNC(=O)C[NH2+][C@H](C)c1nnc(-c2cccc(Cl)c2)o1. The quantitative estimate of drug-likeness (QED) is 0.853. The van der Waals surface area contributed by atoms with Gasteiger partial charge in [0.2, 0.25) is 5.89 Å². The lowest BCUT2D eigenvalue weighted by atomic mass is 10.2. The zero-order chi connectivity index (χ0) is 14.5. The fraction of sp³-hybridized carbons (Fsp3) is 0.308. The van der Waals surface area contributed by atoms with Gasteiger partial charge in [-0.25, -0.2) is 0 Å². The van der Waals surface area contributed by atoms with E-state index in [4.69, 9.17) is 16.0 Å². The van der Waals surface area contributed by atoms with E-state index in [9.17, 15) is 4.79 Å². The standard InChI is InChI=1S/C13H15ClN4O2/c1-8(16-7-11(19)15-2)12-17-18-13(20-12)9-4-3-5-10(14)6-9/h3-6,8,16H,7H2,1-2H3,(H,15,19)/p+1/t8-/m1/s1. The third-order valence-electron chi connectivity index (χ3n) is 2.84. The van der Waals surface area contributed by atoms with Crippen molar-refractivity contribution in [1.82, 2.24) is 15.5 Å². The molecule has 0 aliphatic rings. The molecule has 0 aliphatic carbocycles. The first-order chi connectivity index (χ1) is 9.60. The predicted molar refractivity (Wildman–Crippen MR) is 74.0 cm³/mol. The molecule has 1 atom stereocenters. The maximum Gasteiger partial charge on any atom is 0.274 e. The van der Waals surface area contributed by atoms with Gasteiger partial charge in [-0.2, -0.15) is 0 Å². The number of rotatable bonds is 5. The Morgan fingerprint density at radius 3 is 3.00 bits per heavy atom. The van der Waals surface area contributed by atoms with Crippen molar-refractivity contribution in [1.29, 1.82) is 0 Å². The summed E-state index contributed by atoms with van der Waals surface area (Å²) in [5.74, 6) is 0.845. The minimum atomic E-state index is -0.0901. The maximum atomic E-state index is 11.2. The lowest BCUT2D eigenvalue weighted by Crippen LogP contribution is -2.87. The van der Waals surface area contributed by atoms with E-state index in [-0.39, 0.29) is 11.9 Å². The summed E-state index contributed by atoms with van der Waals surface area (Å²) in [7, 11) is 1.60. The van der Waals surface area contributed by atoms with Crippen LogP contribution in [0.25, 0.3) is 11.5 Å². The van der Waals surface area contributed by atoms with Crippen LogP contribution in [0.5, 0.6) is 0 Å². The molecule has 20 heavy (non-hydrogen) atoms. The molecule has 2 rings (SSSR count). The van der Waals surface area contributed by atoms with Crippen LogP contribution < -0.4 is 10.6 Å². The average Bonchev–Trinajstić information content (AvgIpc) is 2.94. The Morgan fingerprint density at radius 1 is 1.50 bits per heavy atom. The number of aromatic nitrogens is 2. The summed E-state index contributed by atoms with van der Waals surface area (Å²) in [6, 6.07) is 7.12. The Kier molecular flexibility index (Phi) is 4.70. The number of halogens is 1. The van der Waals surface area contributed by atoms with Crippen LogP contribution in [-0.2, 0) is 4.79 Å². The third-order valence-corrected chi connectivity index (χ3v) is 3.07. The van der Waals surface area contributed by atoms with Gasteiger partial charge in [0.15, 0.2) is 12.6 Å². The van der Waals surface area contributed by atoms with E-state index in [1.807, 2.05) is 24.4 Å². The van der Waals surface area contributed by atoms with Crippen molar-refractivity contribution in [3.63, 3.8) is 0 Å². The lowest BCUT2D eigenvalue weighted by Gasteiger charge is -2.05. The highest BCUT2D eigenvalue weighted by atomic mass is 35.5. The topological polar surface area (TPSA) is 84.6 Å². The second kappa shape index (κ2) is 6.49. The van der Waals surface area contributed by atoms with Crippen LogP contribution >= 0.6 is 11.6 Å². The molecule has 1 aromatic carbocycles. The zero-order valence-electron chi connectivity index (χ0n) is 11.3. The van der Waals surface area contributed by atoms with Gasteiger partial charge in [-0.1, -0.05) is 17.7 Å². The van der Waals surface area contributed by atoms with Gasteiger partial charge in [0, 0.05) is 17.6 Å². The summed E-state index contributed by atoms with van der Waals surface area (Å²) in [6.45, 7) is 2.21. The molecule has 3 N–H and O–H groups in total. The molecule has 0 radical (unpaired) electrons. The molecule has 1 aromatic heterocycles. The average molecular weight is 296 g/mol. The Hall–Kier alpha value is -1.92. The van der Waals surface area contributed by atoms with Crippen LogP contribution in [0.1, 0.15) is 18.9 Å². The highest BCUT2D eigenvalue weighted by Crippen LogP contribution is 2.22. The highest BCUT2D eigenvalue weighted by Gasteiger charge is 2.18. The molecule has 0 spiro atoms. The Bertz CT molecular complexity index is 600. The second-order valence-corrected chi connectivity index (χ2v) is 4.79. The number of carbonyl (C=O) groups is 1. The fourth-order valence-corrected chi connectivity index (χ4v) is 1.83. The summed E-state index contributed by atoms with van der Waals surface area (Å²) in [5.41, 5.74) is 0.773. The molecular formula is C13H16ClN4O2+. The lowest BCUT2D eigenvalue weighted by molar-refractivity contribution is -0.685. The molecule has 0 aliphatic heterocycles. The number of hydrogen-bond acceptors (Lipinski definition) is 4. The number of carbonyl (C=O) groups excluding carboxylic acids is 1. The molecule has 1 amide bonds. The second-order valence-electron chi connectivity index (χ2n) is 4.36. The van der Waals surface area contributed by atoms with Gasteiger partial charge in [0.05, 0.1) is 0 Å². The highest BCUT2D eigenvalue weighted by molar-refractivity contribution is 6.30. The Labute approximate surface area is 121 Å². The van der Waals surface area contributed by atoms with Gasteiger partial charge in [-0.05, 0) is 25.1 Å². The van der Waals surface area contributed by atoms with Crippen LogP contribution in [0.4, 0.5) is 0 Å². The summed E-state index contributed by atoms with van der Waals surface area (Å²) < 4.78 is 5.61. The van der Waals surface area contributed by atoms with E-state index in [1.54, 1.807) is 19.2 Å².